The number of pyridine rings is 1. The molecule has 50 heavy (non-hydrogen) atoms. The van der Waals surface area contributed by atoms with E-state index in [1.54, 1.807) is 4.68 Å². The van der Waals surface area contributed by atoms with Crippen LogP contribution in [0.25, 0.3) is 5.69 Å². The third-order valence-electron chi connectivity index (χ3n) is 9.12. The number of anilines is 4. The van der Waals surface area contributed by atoms with Crippen LogP contribution in [-0.2, 0) is 11.8 Å². The normalized spacial score (nSPS) is 13.6. The molecule has 258 valence electrons. The van der Waals surface area contributed by atoms with Gasteiger partial charge < -0.3 is 15.5 Å². The maximum absolute atomic E-state index is 13.4. The van der Waals surface area contributed by atoms with Crippen molar-refractivity contribution in [3.8, 4) is 5.69 Å². The zero-order valence-corrected chi connectivity index (χ0v) is 29.9. The van der Waals surface area contributed by atoms with Crippen LogP contribution in [0.3, 0.4) is 0 Å². The van der Waals surface area contributed by atoms with Gasteiger partial charge in [0.15, 0.2) is 0 Å². The van der Waals surface area contributed by atoms with Gasteiger partial charge in [-0.05, 0) is 112 Å². The van der Waals surface area contributed by atoms with Gasteiger partial charge in [0, 0.05) is 47.2 Å². The summed E-state index contributed by atoms with van der Waals surface area (Å²) in [7, 11) is 0. The molecule has 0 spiro atoms. The molecule has 3 N–H and O–H groups in total. The SMILES string of the molecule is Cc1ccc(-n2nc(C(C)(C)C)cc2NC(=O)Nc2ccc(CC3CCN(C(=O)c4cccc(Nc5cc(C)cc(C)n5)c4)CC3)cc2)cc1. The number of aryl methyl sites for hydroxylation is 3. The van der Waals surface area contributed by atoms with E-state index in [1.807, 2.05) is 105 Å². The smallest absolute Gasteiger partial charge is 0.324 e. The topological polar surface area (TPSA) is 104 Å². The fourth-order valence-corrected chi connectivity index (χ4v) is 6.36. The second kappa shape index (κ2) is 14.6. The van der Waals surface area contributed by atoms with Crippen molar-refractivity contribution in [1.29, 1.82) is 0 Å². The summed E-state index contributed by atoms with van der Waals surface area (Å²) >= 11 is 0. The second-order valence-electron chi connectivity index (χ2n) is 14.5. The highest BCUT2D eigenvalue weighted by molar-refractivity contribution is 5.99. The molecule has 0 atom stereocenters. The molecule has 1 saturated heterocycles. The third kappa shape index (κ3) is 8.58. The predicted octanol–water partition coefficient (Wildman–Crippen LogP) is 8.97. The molecule has 3 heterocycles. The molecule has 1 aliphatic rings. The van der Waals surface area contributed by atoms with Crippen LogP contribution in [0.5, 0.6) is 0 Å². The maximum atomic E-state index is 13.4. The molecule has 9 heteroatoms. The van der Waals surface area contributed by atoms with E-state index in [-0.39, 0.29) is 17.4 Å². The fraction of sp³-hybridized carbons (Fsp3) is 0.317. The van der Waals surface area contributed by atoms with Crippen LogP contribution in [0.1, 0.15) is 72.0 Å². The Balaban J connectivity index is 1.01. The monoisotopic (exact) mass is 669 g/mol. The molecule has 0 radical (unpaired) electrons. The Bertz CT molecular complexity index is 1950. The first kappa shape index (κ1) is 34.4. The predicted molar refractivity (Wildman–Crippen MR) is 202 cm³/mol. The zero-order chi connectivity index (χ0) is 35.4. The van der Waals surface area contributed by atoms with Crippen LogP contribution in [0, 0.1) is 26.7 Å². The minimum atomic E-state index is -0.327. The Hall–Kier alpha value is -5.44. The van der Waals surface area contributed by atoms with Crippen molar-refractivity contribution in [1.82, 2.24) is 19.7 Å². The van der Waals surface area contributed by atoms with E-state index in [2.05, 4.69) is 53.8 Å². The standard InChI is InChI=1S/C41H47N7O2/c1-27-10-16-35(17-11-27)48-38(26-36(46-48)41(4,5)6)45-40(50)44-33-14-12-30(13-15-33)24-31-18-20-47(21-19-31)39(49)32-8-7-9-34(25-32)43-37-23-28(2)22-29(3)42-37/h7-17,22-23,25-26,31H,18-21,24H2,1-6H3,(H,42,43)(H2,44,45,50). The van der Waals surface area contributed by atoms with Crippen molar-refractivity contribution in [2.45, 2.75) is 66.2 Å². The van der Waals surface area contributed by atoms with Crippen LogP contribution < -0.4 is 16.0 Å². The van der Waals surface area contributed by atoms with E-state index >= 15 is 0 Å². The van der Waals surface area contributed by atoms with Gasteiger partial charge in [0.25, 0.3) is 5.91 Å². The minimum absolute atomic E-state index is 0.0609. The van der Waals surface area contributed by atoms with Gasteiger partial charge in [-0.3, -0.25) is 10.1 Å². The Morgan fingerprint density at radius 2 is 1.52 bits per heavy atom. The molecule has 0 saturated carbocycles. The summed E-state index contributed by atoms with van der Waals surface area (Å²) in [5, 5.41) is 14.1. The van der Waals surface area contributed by atoms with Gasteiger partial charge in [-0.25, -0.2) is 14.5 Å². The number of carbonyl (C=O) groups excluding carboxylic acids is 2. The molecule has 0 aliphatic carbocycles. The molecular formula is C41H47N7O2. The quantitative estimate of drug-likeness (QED) is 0.153. The first-order valence-corrected chi connectivity index (χ1v) is 17.4. The lowest BCUT2D eigenvalue weighted by Crippen LogP contribution is -2.38. The van der Waals surface area contributed by atoms with Crippen molar-refractivity contribution in [2.24, 2.45) is 5.92 Å². The summed E-state index contributed by atoms with van der Waals surface area (Å²) in [6.07, 6.45) is 2.83. The van der Waals surface area contributed by atoms with Crippen molar-refractivity contribution < 1.29 is 9.59 Å². The summed E-state index contributed by atoms with van der Waals surface area (Å²) < 4.78 is 1.78. The van der Waals surface area contributed by atoms with Crippen LogP contribution in [0.4, 0.5) is 27.8 Å². The molecule has 2 aromatic heterocycles. The minimum Gasteiger partial charge on any atom is -0.340 e. The van der Waals surface area contributed by atoms with Gasteiger partial charge in [0.2, 0.25) is 0 Å². The molecule has 0 unspecified atom stereocenters. The molecule has 1 fully saturated rings. The number of urea groups is 1. The van der Waals surface area contributed by atoms with E-state index < -0.39 is 0 Å². The lowest BCUT2D eigenvalue weighted by Gasteiger charge is -2.32. The van der Waals surface area contributed by atoms with Crippen molar-refractivity contribution >= 4 is 34.9 Å². The number of hydrogen-bond acceptors (Lipinski definition) is 5. The van der Waals surface area contributed by atoms with E-state index in [1.165, 1.54) is 5.56 Å². The molecule has 6 rings (SSSR count). The van der Waals surface area contributed by atoms with Gasteiger partial charge in [0.05, 0.1) is 11.4 Å². The van der Waals surface area contributed by atoms with Crippen LogP contribution >= 0.6 is 0 Å². The van der Waals surface area contributed by atoms with Gasteiger partial charge in [-0.1, -0.05) is 56.7 Å². The summed E-state index contributed by atoms with van der Waals surface area (Å²) in [5.41, 5.74) is 8.31. The second-order valence-corrected chi connectivity index (χ2v) is 14.5. The first-order chi connectivity index (χ1) is 23.9. The molecule has 3 amide bonds. The molecule has 1 aliphatic heterocycles. The Morgan fingerprint density at radius 3 is 2.20 bits per heavy atom. The Morgan fingerprint density at radius 1 is 0.800 bits per heavy atom. The van der Waals surface area contributed by atoms with E-state index in [9.17, 15) is 9.59 Å². The number of nitrogens with one attached hydrogen (secondary N) is 3. The summed E-state index contributed by atoms with van der Waals surface area (Å²) in [5.74, 6) is 1.93. The Kier molecular flexibility index (Phi) is 10.0. The lowest BCUT2D eigenvalue weighted by atomic mass is 9.90. The van der Waals surface area contributed by atoms with Gasteiger partial charge in [-0.15, -0.1) is 0 Å². The van der Waals surface area contributed by atoms with Crippen LogP contribution in [0.2, 0.25) is 0 Å². The van der Waals surface area contributed by atoms with Crippen LogP contribution in [0.15, 0.2) is 91.0 Å². The largest absolute Gasteiger partial charge is 0.340 e. The number of benzene rings is 3. The number of carbonyl (C=O) groups is 2. The number of likely N-dealkylation sites (tertiary alicyclic amines) is 1. The molecule has 0 bridgehead atoms. The van der Waals surface area contributed by atoms with Crippen molar-refractivity contribution in [2.75, 3.05) is 29.0 Å². The summed E-state index contributed by atoms with van der Waals surface area (Å²) in [6, 6.07) is 29.4. The number of rotatable bonds is 8. The van der Waals surface area contributed by atoms with E-state index in [0.29, 0.717) is 23.0 Å². The number of amides is 3. The third-order valence-corrected chi connectivity index (χ3v) is 9.12. The number of hydrogen-bond donors (Lipinski definition) is 3. The summed E-state index contributed by atoms with van der Waals surface area (Å²) in [4.78, 5) is 33.0. The summed E-state index contributed by atoms with van der Waals surface area (Å²) in [6.45, 7) is 13.8. The highest BCUT2D eigenvalue weighted by Gasteiger charge is 2.25. The first-order valence-electron chi connectivity index (χ1n) is 17.4. The van der Waals surface area contributed by atoms with E-state index in [0.717, 1.165) is 72.1 Å². The molecule has 5 aromatic rings. The highest BCUT2D eigenvalue weighted by Crippen LogP contribution is 2.28. The molecule has 9 nitrogen and oxygen atoms in total. The number of piperidine rings is 1. The Labute approximate surface area is 295 Å². The highest BCUT2D eigenvalue weighted by atomic mass is 16.2. The van der Waals surface area contributed by atoms with Gasteiger partial charge in [0.1, 0.15) is 11.6 Å². The number of aromatic nitrogens is 3. The molecular weight excluding hydrogens is 622 g/mol. The van der Waals surface area contributed by atoms with Crippen molar-refractivity contribution in [3.63, 3.8) is 0 Å². The maximum Gasteiger partial charge on any atom is 0.324 e. The van der Waals surface area contributed by atoms with Gasteiger partial charge in [-0.2, -0.15) is 5.10 Å². The number of nitrogens with zero attached hydrogens (tertiary/aromatic N) is 4. The molecule has 3 aromatic carbocycles. The van der Waals surface area contributed by atoms with Crippen molar-refractivity contribution in [3.05, 3.63) is 125 Å². The zero-order valence-electron chi connectivity index (χ0n) is 29.9. The fourth-order valence-electron chi connectivity index (χ4n) is 6.36. The van der Waals surface area contributed by atoms with E-state index in [4.69, 9.17) is 5.10 Å². The average Bonchev–Trinajstić information content (AvgIpc) is 3.50. The average molecular weight is 670 g/mol. The van der Waals surface area contributed by atoms with Crippen LogP contribution in [-0.4, -0.2) is 44.7 Å². The van der Waals surface area contributed by atoms with Gasteiger partial charge >= 0.3 is 6.03 Å². The lowest BCUT2D eigenvalue weighted by molar-refractivity contribution is 0.0690.